The molecule has 1 aliphatic heterocycles. The van der Waals surface area contributed by atoms with Crippen LogP contribution in [0.25, 0.3) is 11.1 Å². The number of amides is 2. The second-order valence-electron chi connectivity index (χ2n) is 9.61. The van der Waals surface area contributed by atoms with Crippen molar-refractivity contribution >= 4 is 18.0 Å². The maximum Gasteiger partial charge on any atom is 0.407 e. The smallest absolute Gasteiger partial charge is 0.407 e. The van der Waals surface area contributed by atoms with Gasteiger partial charge in [0.15, 0.2) is 0 Å². The van der Waals surface area contributed by atoms with E-state index in [0.717, 1.165) is 22.3 Å². The minimum absolute atomic E-state index is 0.0707. The van der Waals surface area contributed by atoms with Crippen LogP contribution in [0.1, 0.15) is 24.0 Å². The number of aliphatic carboxylic acids is 1. The fourth-order valence-corrected chi connectivity index (χ4v) is 4.80. The number of carboxylic acid groups (broad SMARTS) is 1. The van der Waals surface area contributed by atoms with Gasteiger partial charge >= 0.3 is 12.1 Å². The first-order chi connectivity index (χ1) is 16.7. The van der Waals surface area contributed by atoms with Crippen LogP contribution in [-0.4, -0.2) is 91.5 Å². The molecule has 2 aliphatic rings. The van der Waals surface area contributed by atoms with Crippen molar-refractivity contribution in [1.29, 1.82) is 0 Å². The van der Waals surface area contributed by atoms with E-state index in [2.05, 4.69) is 17.4 Å². The molecule has 0 saturated carbocycles. The zero-order valence-electron chi connectivity index (χ0n) is 20.2. The number of ether oxygens (including phenoxy) is 2. The van der Waals surface area contributed by atoms with Crippen molar-refractivity contribution in [1.82, 2.24) is 15.1 Å². The molecule has 9 heteroatoms. The number of nitrogens with one attached hydrogen (secondary N) is 1. The number of likely N-dealkylation sites (N-methyl/N-ethyl adjacent to an activating group) is 1. The first-order valence-corrected chi connectivity index (χ1v) is 11.6. The predicted octanol–water partition coefficient (Wildman–Crippen LogP) is 2.16. The largest absolute Gasteiger partial charge is 0.480 e. The lowest BCUT2D eigenvalue weighted by molar-refractivity contribution is -0.174. The van der Waals surface area contributed by atoms with Crippen molar-refractivity contribution in [2.45, 2.75) is 24.5 Å². The van der Waals surface area contributed by atoms with E-state index in [1.165, 1.54) is 0 Å². The minimum Gasteiger partial charge on any atom is -0.480 e. The normalized spacial score (nSPS) is 16.7. The summed E-state index contributed by atoms with van der Waals surface area (Å²) in [6, 6.07) is 15.4. The van der Waals surface area contributed by atoms with Gasteiger partial charge in [-0.2, -0.15) is 0 Å². The SMILES string of the molecule is CN(C)C[C@H](NC(=O)OCC1c2ccccc2-c2ccccc21)C(=O)N1CC(C)(OCC(=O)O)C1. The summed E-state index contributed by atoms with van der Waals surface area (Å²) in [6.07, 6.45) is -0.655. The van der Waals surface area contributed by atoms with Crippen molar-refractivity contribution in [3.8, 4) is 11.1 Å². The van der Waals surface area contributed by atoms with E-state index in [0.29, 0.717) is 6.54 Å². The van der Waals surface area contributed by atoms with Crippen molar-refractivity contribution in [3.63, 3.8) is 0 Å². The van der Waals surface area contributed by atoms with E-state index in [4.69, 9.17) is 14.6 Å². The molecule has 0 aromatic heterocycles. The zero-order valence-corrected chi connectivity index (χ0v) is 20.2. The third-order valence-corrected chi connectivity index (χ3v) is 6.39. The van der Waals surface area contributed by atoms with Crippen LogP contribution in [-0.2, 0) is 19.1 Å². The number of hydrogen-bond donors (Lipinski definition) is 2. The summed E-state index contributed by atoms with van der Waals surface area (Å²) in [5.41, 5.74) is 3.81. The molecule has 0 bridgehead atoms. The third-order valence-electron chi connectivity index (χ3n) is 6.39. The zero-order chi connectivity index (χ0) is 25.2. The molecule has 1 fully saturated rings. The fourth-order valence-electron chi connectivity index (χ4n) is 4.80. The number of carbonyl (C=O) groups is 3. The number of carbonyl (C=O) groups excluding carboxylic acids is 2. The molecule has 2 aromatic rings. The summed E-state index contributed by atoms with van der Waals surface area (Å²) in [5.74, 6) is -1.39. The highest BCUT2D eigenvalue weighted by Gasteiger charge is 2.45. The molecule has 9 nitrogen and oxygen atoms in total. The number of hydrogen-bond acceptors (Lipinski definition) is 6. The Morgan fingerprint density at radius 2 is 1.66 bits per heavy atom. The molecule has 35 heavy (non-hydrogen) atoms. The van der Waals surface area contributed by atoms with E-state index >= 15 is 0 Å². The summed E-state index contributed by atoms with van der Waals surface area (Å²) in [4.78, 5) is 39.9. The molecule has 0 radical (unpaired) electrons. The van der Waals surface area contributed by atoms with Crippen LogP contribution < -0.4 is 5.32 Å². The van der Waals surface area contributed by atoms with Crippen LogP contribution in [0.3, 0.4) is 0 Å². The van der Waals surface area contributed by atoms with Gasteiger partial charge in [0.1, 0.15) is 24.9 Å². The van der Waals surface area contributed by atoms with Crippen LogP contribution in [0.15, 0.2) is 48.5 Å². The summed E-state index contributed by atoms with van der Waals surface area (Å²) >= 11 is 0. The van der Waals surface area contributed by atoms with Gasteiger partial charge in [0.2, 0.25) is 5.91 Å². The maximum absolute atomic E-state index is 13.1. The van der Waals surface area contributed by atoms with Crippen molar-refractivity contribution in [3.05, 3.63) is 59.7 Å². The van der Waals surface area contributed by atoms with E-state index in [-0.39, 0.29) is 31.5 Å². The first-order valence-electron chi connectivity index (χ1n) is 11.6. The van der Waals surface area contributed by atoms with E-state index in [1.807, 2.05) is 55.4 Å². The lowest BCUT2D eigenvalue weighted by Crippen LogP contribution is -2.67. The molecule has 1 saturated heterocycles. The molecule has 1 heterocycles. The maximum atomic E-state index is 13.1. The first kappa shape index (κ1) is 24.7. The Hall–Kier alpha value is -3.43. The molecule has 4 rings (SSSR count). The summed E-state index contributed by atoms with van der Waals surface area (Å²) in [6.45, 7) is 2.32. The monoisotopic (exact) mass is 481 g/mol. The summed E-state index contributed by atoms with van der Waals surface area (Å²) in [7, 11) is 3.63. The lowest BCUT2D eigenvalue weighted by atomic mass is 9.95. The molecule has 2 aromatic carbocycles. The molecule has 1 atom stereocenters. The Kier molecular flexibility index (Phi) is 7.09. The molecule has 186 valence electrons. The number of benzene rings is 2. The summed E-state index contributed by atoms with van der Waals surface area (Å²) in [5, 5.41) is 11.5. The van der Waals surface area contributed by atoms with Crippen LogP contribution in [0.4, 0.5) is 4.79 Å². The predicted molar refractivity (Wildman–Crippen MR) is 129 cm³/mol. The van der Waals surface area contributed by atoms with Gasteiger partial charge in [0.05, 0.1) is 13.1 Å². The van der Waals surface area contributed by atoms with E-state index in [1.54, 1.807) is 11.8 Å². The number of alkyl carbamates (subject to hydrolysis) is 1. The topological polar surface area (TPSA) is 108 Å². The van der Waals surface area contributed by atoms with Crippen LogP contribution in [0.5, 0.6) is 0 Å². The standard InChI is InChI=1S/C26H31N3O6/c1-26(35-14-23(30)31)15-29(16-26)24(32)22(12-28(2)3)27-25(33)34-13-21-19-10-6-4-8-17(19)18-9-5-7-11-20(18)21/h4-11,21-22H,12-16H2,1-3H3,(H,27,33)(H,30,31)/t22-/m0/s1. The second kappa shape index (κ2) is 10.1. The van der Waals surface area contributed by atoms with Gasteiger partial charge in [-0.05, 0) is 43.3 Å². The lowest BCUT2D eigenvalue weighted by Gasteiger charge is -2.48. The highest BCUT2D eigenvalue weighted by Crippen LogP contribution is 2.44. The van der Waals surface area contributed by atoms with E-state index < -0.39 is 30.3 Å². The number of nitrogens with zero attached hydrogens (tertiary/aromatic N) is 2. The Morgan fingerprint density at radius 1 is 1.09 bits per heavy atom. The Balaban J connectivity index is 1.37. The molecule has 1 aliphatic carbocycles. The molecule has 2 amide bonds. The van der Waals surface area contributed by atoms with Gasteiger partial charge in [-0.3, -0.25) is 4.79 Å². The van der Waals surface area contributed by atoms with Crippen LogP contribution >= 0.6 is 0 Å². The molecular formula is C26H31N3O6. The van der Waals surface area contributed by atoms with Gasteiger partial charge in [-0.25, -0.2) is 9.59 Å². The molecule has 0 unspecified atom stereocenters. The fraction of sp³-hybridized carbons (Fsp3) is 0.423. The number of likely N-dealkylation sites (tertiary alicyclic amines) is 1. The summed E-state index contributed by atoms with van der Waals surface area (Å²) < 4.78 is 11.0. The highest BCUT2D eigenvalue weighted by molar-refractivity contribution is 5.87. The third kappa shape index (κ3) is 5.47. The van der Waals surface area contributed by atoms with Crippen molar-refractivity contribution in [2.24, 2.45) is 0 Å². The number of rotatable bonds is 9. The van der Waals surface area contributed by atoms with Crippen LogP contribution in [0, 0.1) is 0 Å². The van der Waals surface area contributed by atoms with E-state index in [9.17, 15) is 14.4 Å². The molecular weight excluding hydrogens is 450 g/mol. The molecule has 0 spiro atoms. The van der Waals surface area contributed by atoms with Crippen molar-refractivity contribution in [2.75, 3.05) is 46.9 Å². The van der Waals surface area contributed by atoms with Gasteiger partial charge in [0.25, 0.3) is 0 Å². The highest BCUT2D eigenvalue weighted by atomic mass is 16.5. The second-order valence-corrected chi connectivity index (χ2v) is 9.61. The van der Waals surface area contributed by atoms with Gasteiger partial charge in [-0.1, -0.05) is 48.5 Å². The quantitative estimate of drug-likeness (QED) is 0.565. The Bertz CT molecular complexity index is 1070. The van der Waals surface area contributed by atoms with Gasteiger partial charge < -0.3 is 29.7 Å². The van der Waals surface area contributed by atoms with Gasteiger partial charge in [-0.15, -0.1) is 0 Å². The Labute approximate surface area is 204 Å². The minimum atomic E-state index is -1.06. The molecule has 2 N–H and O–H groups in total. The van der Waals surface area contributed by atoms with Crippen LogP contribution in [0.2, 0.25) is 0 Å². The Morgan fingerprint density at radius 3 is 2.20 bits per heavy atom. The van der Waals surface area contributed by atoms with Gasteiger partial charge in [0, 0.05) is 12.5 Å². The average Bonchev–Trinajstić information content (AvgIpc) is 3.12. The number of carboxylic acids is 1. The average molecular weight is 482 g/mol. The number of fused-ring (bicyclic) bond motifs is 3. The van der Waals surface area contributed by atoms with Crippen molar-refractivity contribution < 1.29 is 29.0 Å².